The van der Waals surface area contributed by atoms with Crippen molar-refractivity contribution in [2.24, 2.45) is 5.73 Å². The number of amides is 1. The average Bonchev–Trinajstić information content (AvgIpc) is 2.79. The second-order valence-corrected chi connectivity index (χ2v) is 9.11. The lowest BCUT2D eigenvalue weighted by Gasteiger charge is -2.41. The van der Waals surface area contributed by atoms with Crippen LogP contribution in [0.2, 0.25) is 0 Å². The van der Waals surface area contributed by atoms with E-state index in [9.17, 15) is 14.5 Å². The molecule has 0 bridgehead atoms. The van der Waals surface area contributed by atoms with Crippen LogP contribution in [0.3, 0.4) is 0 Å². The molecule has 1 saturated carbocycles. The van der Waals surface area contributed by atoms with Gasteiger partial charge in [-0.25, -0.2) is 0 Å². The van der Waals surface area contributed by atoms with Gasteiger partial charge in [-0.3, -0.25) is 9.36 Å². The number of hydrogen-bond acceptors (Lipinski definition) is 5. The molecule has 1 aliphatic carbocycles. The molecular formula is C24H32NO5P. The fourth-order valence-corrected chi connectivity index (χ4v) is 5.54. The number of primary amides is 1. The van der Waals surface area contributed by atoms with Crippen molar-refractivity contribution in [1.29, 1.82) is 0 Å². The summed E-state index contributed by atoms with van der Waals surface area (Å²) in [5, 5.41) is 9.18. The quantitative estimate of drug-likeness (QED) is 0.501. The van der Waals surface area contributed by atoms with Crippen LogP contribution in [-0.4, -0.2) is 29.8 Å². The molecule has 3 rings (SSSR count). The third-order valence-electron chi connectivity index (χ3n) is 6.13. The van der Waals surface area contributed by atoms with E-state index in [2.05, 4.69) is 48.5 Å². The van der Waals surface area contributed by atoms with E-state index >= 15 is 0 Å². The molecule has 1 aliphatic rings. The monoisotopic (exact) mass is 445 g/mol. The van der Waals surface area contributed by atoms with Gasteiger partial charge in [-0.2, -0.15) is 0 Å². The lowest BCUT2D eigenvalue weighted by atomic mass is 9.65. The topological polar surface area (TPSA) is 98.9 Å². The highest BCUT2D eigenvalue weighted by Gasteiger charge is 2.39. The maximum absolute atomic E-state index is 12.5. The molecule has 1 amide bonds. The van der Waals surface area contributed by atoms with Crippen LogP contribution in [0.1, 0.15) is 56.1 Å². The maximum Gasteiger partial charge on any atom is 0.319 e. The molecular weight excluding hydrogens is 413 g/mol. The third kappa shape index (κ3) is 6.50. The second kappa shape index (κ2) is 11.6. The van der Waals surface area contributed by atoms with E-state index in [0.29, 0.717) is 12.8 Å². The van der Waals surface area contributed by atoms with Crippen LogP contribution in [0, 0.1) is 0 Å². The van der Waals surface area contributed by atoms with Crippen molar-refractivity contribution < 1.29 is 23.5 Å². The summed E-state index contributed by atoms with van der Waals surface area (Å²) in [4.78, 5) is 11.0. The van der Waals surface area contributed by atoms with Gasteiger partial charge in [0, 0.05) is 18.4 Å². The number of carbonyl (C=O) groups excluding carboxylic acids is 1. The van der Waals surface area contributed by atoms with Gasteiger partial charge in [0.25, 0.3) is 0 Å². The predicted molar refractivity (Wildman–Crippen MR) is 121 cm³/mol. The molecule has 2 unspecified atom stereocenters. The Morgan fingerprint density at radius 1 is 1.03 bits per heavy atom. The lowest BCUT2D eigenvalue weighted by Crippen LogP contribution is -2.35. The van der Waals surface area contributed by atoms with Crippen LogP contribution in [0.25, 0.3) is 0 Å². The second-order valence-electron chi connectivity index (χ2n) is 8.14. The first kappa shape index (κ1) is 23.7. The minimum absolute atomic E-state index is 0.0834. The van der Waals surface area contributed by atoms with E-state index in [-0.39, 0.29) is 24.5 Å². The Morgan fingerprint density at radius 3 is 2.06 bits per heavy atom. The molecule has 7 heteroatoms. The highest BCUT2D eigenvalue weighted by molar-refractivity contribution is 7.33. The van der Waals surface area contributed by atoms with E-state index in [1.165, 1.54) is 11.1 Å². The number of carbonyl (C=O) groups is 1. The van der Waals surface area contributed by atoms with Gasteiger partial charge in [0.1, 0.15) is 0 Å². The number of aliphatic hydroxyl groups is 1. The summed E-state index contributed by atoms with van der Waals surface area (Å²) in [5.41, 5.74) is 7.68. The van der Waals surface area contributed by atoms with E-state index < -0.39 is 20.3 Å². The van der Waals surface area contributed by atoms with Crippen LogP contribution in [0.5, 0.6) is 0 Å². The molecule has 2 atom stereocenters. The molecule has 2 aromatic rings. The number of nitrogens with two attached hydrogens (primary N) is 1. The zero-order valence-corrected chi connectivity index (χ0v) is 18.7. The first-order chi connectivity index (χ1) is 15.0. The predicted octanol–water partition coefficient (Wildman–Crippen LogP) is 4.35. The molecule has 2 aromatic carbocycles. The maximum atomic E-state index is 12.5. The van der Waals surface area contributed by atoms with Gasteiger partial charge in [-0.05, 0) is 49.7 Å². The minimum Gasteiger partial charge on any atom is -0.396 e. The van der Waals surface area contributed by atoms with Crippen LogP contribution in [0.4, 0.5) is 0 Å². The first-order valence-electron chi connectivity index (χ1n) is 10.9. The van der Waals surface area contributed by atoms with Crippen LogP contribution in [-0.2, 0) is 23.8 Å². The Kier molecular flexibility index (Phi) is 8.85. The Morgan fingerprint density at radius 2 is 1.58 bits per heavy atom. The zero-order valence-electron chi connectivity index (χ0n) is 17.7. The molecule has 0 radical (unpaired) electrons. The van der Waals surface area contributed by atoms with E-state index in [4.69, 9.17) is 14.8 Å². The van der Waals surface area contributed by atoms with Crippen LogP contribution in [0.15, 0.2) is 60.7 Å². The number of hydrogen-bond donors (Lipinski definition) is 2. The van der Waals surface area contributed by atoms with Gasteiger partial charge in [0.05, 0.1) is 12.2 Å². The Bertz CT molecular complexity index is 796. The molecule has 3 N–H and O–H groups in total. The van der Waals surface area contributed by atoms with E-state index in [1.54, 1.807) is 0 Å². The van der Waals surface area contributed by atoms with Gasteiger partial charge in [-0.1, -0.05) is 60.7 Å². The molecule has 6 nitrogen and oxygen atoms in total. The van der Waals surface area contributed by atoms with Crippen molar-refractivity contribution in [1.82, 2.24) is 0 Å². The fourth-order valence-electron chi connectivity index (χ4n) is 4.47. The normalized spacial score (nSPS) is 18.4. The summed E-state index contributed by atoms with van der Waals surface area (Å²) in [6.07, 6.45) is 3.43. The van der Waals surface area contributed by atoms with Gasteiger partial charge in [0.2, 0.25) is 5.91 Å². The first-order valence-corrected chi connectivity index (χ1v) is 12.1. The lowest BCUT2D eigenvalue weighted by molar-refractivity contribution is -0.118. The fraction of sp³-hybridized carbons (Fsp3) is 0.458. The zero-order chi connectivity index (χ0) is 22.1. The molecule has 0 aromatic heterocycles. The summed E-state index contributed by atoms with van der Waals surface area (Å²) in [5.74, 6) is -0.447. The number of rotatable bonds is 11. The average molecular weight is 445 g/mol. The molecule has 0 aliphatic heterocycles. The number of benzene rings is 2. The van der Waals surface area contributed by atoms with Crippen molar-refractivity contribution in [2.45, 2.75) is 62.6 Å². The van der Waals surface area contributed by atoms with Gasteiger partial charge in [0.15, 0.2) is 0 Å². The van der Waals surface area contributed by atoms with Gasteiger partial charge >= 0.3 is 8.25 Å². The van der Waals surface area contributed by atoms with Crippen molar-refractivity contribution >= 4 is 14.2 Å². The Balaban J connectivity index is 1.63. The van der Waals surface area contributed by atoms with Crippen molar-refractivity contribution in [3.05, 3.63) is 71.8 Å². The molecule has 1 fully saturated rings. The molecule has 0 spiro atoms. The van der Waals surface area contributed by atoms with Crippen molar-refractivity contribution in [3.8, 4) is 0 Å². The van der Waals surface area contributed by atoms with Crippen LogP contribution < -0.4 is 5.73 Å². The summed E-state index contributed by atoms with van der Waals surface area (Å²) in [6, 6.07) is 21.1. The summed E-state index contributed by atoms with van der Waals surface area (Å²) in [6.45, 7) is -0.112. The minimum atomic E-state index is -2.73. The molecule has 31 heavy (non-hydrogen) atoms. The Labute approximate surface area is 184 Å². The molecule has 0 heterocycles. The third-order valence-corrected chi connectivity index (χ3v) is 7.18. The SMILES string of the molecule is NC(=O)CCC(CCO)O[PH](=O)OC1CCC(c2ccccc2)(c2ccccc2)CC1. The largest absolute Gasteiger partial charge is 0.396 e. The standard InChI is InChI=1S/C24H32NO5P/c25-23(27)12-11-21(15-18-26)29-31(28)30-22-13-16-24(17-14-22,19-7-3-1-4-8-19)20-9-5-2-6-10-20/h1-10,21-22,26,31H,11-18H2,(H2,25,27). The highest BCUT2D eigenvalue weighted by atomic mass is 31.1. The summed E-state index contributed by atoms with van der Waals surface area (Å²) >= 11 is 0. The van der Waals surface area contributed by atoms with Crippen molar-refractivity contribution in [3.63, 3.8) is 0 Å². The highest BCUT2D eigenvalue weighted by Crippen LogP contribution is 2.47. The van der Waals surface area contributed by atoms with E-state index in [1.807, 2.05) is 12.1 Å². The van der Waals surface area contributed by atoms with Gasteiger partial charge < -0.3 is 19.9 Å². The number of aliphatic hydroxyl groups excluding tert-OH is 1. The van der Waals surface area contributed by atoms with Crippen molar-refractivity contribution in [2.75, 3.05) is 6.61 Å². The Hall–Kier alpha value is -1.98. The van der Waals surface area contributed by atoms with Crippen LogP contribution >= 0.6 is 8.25 Å². The molecule has 0 saturated heterocycles. The smallest absolute Gasteiger partial charge is 0.319 e. The van der Waals surface area contributed by atoms with E-state index in [0.717, 1.165) is 25.7 Å². The molecule has 168 valence electrons. The summed E-state index contributed by atoms with van der Waals surface area (Å²) < 4.78 is 23.8. The summed E-state index contributed by atoms with van der Waals surface area (Å²) in [7, 11) is -2.73. The van der Waals surface area contributed by atoms with Gasteiger partial charge in [-0.15, -0.1) is 0 Å².